The van der Waals surface area contributed by atoms with Crippen molar-refractivity contribution in [1.29, 1.82) is 0 Å². The second kappa shape index (κ2) is 7.09. The van der Waals surface area contributed by atoms with Gasteiger partial charge in [0.2, 0.25) is 5.95 Å². The van der Waals surface area contributed by atoms with Crippen LogP contribution in [0.5, 0.6) is 0 Å². The van der Waals surface area contributed by atoms with Crippen molar-refractivity contribution in [3.63, 3.8) is 0 Å². The predicted octanol–water partition coefficient (Wildman–Crippen LogP) is 3.18. The molecule has 0 atom stereocenters. The Kier molecular flexibility index (Phi) is 4.66. The number of halogens is 1. The molecule has 2 heterocycles. The maximum absolute atomic E-state index is 13.3. The van der Waals surface area contributed by atoms with Crippen molar-refractivity contribution < 1.29 is 0 Å². The fourth-order valence-electron chi connectivity index (χ4n) is 3.42. The van der Waals surface area contributed by atoms with E-state index in [1.807, 2.05) is 36.4 Å². The summed E-state index contributed by atoms with van der Waals surface area (Å²) >= 11 is 6.04. The van der Waals surface area contributed by atoms with Gasteiger partial charge in [0, 0.05) is 31.2 Å². The summed E-state index contributed by atoms with van der Waals surface area (Å²) in [6.45, 7) is 6.87. The molecule has 134 valence electrons. The predicted molar refractivity (Wildman–Crippen MR) is 107 cm³/mol. The van der Waals surface area contributed by atoms with Crippen LogP contribution in [0.25, 0.3) is 16.6 Å². The minimum Gasteiger partial charge on any atom is -0.339 e. The van der Waals surface area contributed by atoms with Crippen molar-refractivity contribution >= 4 is 28.5 Å². The highest BCUT2D eigenvalue weighted by Gasteiger charge is 2.22. The Labute approximate surface area is 157 Å². The zero-order chi connectivity index (χ0) is 18.1. The molecule has 2 aromatic carbocycles. The van der Waals surface area contributed by atoms with Crippen LogP contribution in [0.15, 0.2) is 53.3 Å². The maximum atomic E-state index is 13.3. The van der Waals surface area contributed by atoms with E-state index in [2.05, 4.69) is 16.7 Å². The Morgan fingerprint density at radius 1 is 1.00 bits per heavy atom. The average Bonchev–Trinajstić information content (AvgIpc) is 2.69. The summed E-state index contributed by atoms with van der Waals surface area (Å²) in [5, 5.41) is 1.27. The average molecular weight is 369 g/mol. The maximum Gasteiger partial charge on any atom is 0.267 e. The molecule has 0 bridgehead atoms. The van der Waals surface area contributed by atoms with Crippen LogP contribution < -0.4 is 10.5 Å². The van der Waals surface area contributed by atoms with E-state index < -0.39 is 0 Å². The van der Waals surface area contributed by atoms with Gasteiger partial charge < -0.3 is 9.80 Å². The number of rotatable bonds is 3. The van der Waals surface area contributed by atoms with Gasteiger partial charge in [0.1, 0.15) is 0 Å². The summed E-state index contributed by atoms with van der Waals surface area (Å²) in [4.78, 5) is 22.7. The highest BCUT2D eigenvalue weighted by atomic mass is 35.5. The van der Waals surface area contributed by atoms with Crippen LogP contribution in [0.2, 0.25) is 5.02 Å². The van der Waals surface area contributed by atoms with E-state index in [4.69, 9.17) is 16.6 Å². The van der Waals surface area contributed by atoms with Crippen molar-refractivity contribution in [2.75, 3.05) is 37.6 Å². The van der Waals surface area contributed by atoms with Gasteiger partial charge in [-0.2, -0.15) is 0 Å². The molecule has 0 radical (unpaired) electrons. The molecule has 0 saturated carbocycles. The standard InChI is InChI=1S/C20H21ClN4O/c1-2-23-11-13-24(14-12-23)20-22-18-6-4-3-5-17(18)19(26)25(20)16-9-7-15(21)8-10-16/h3-10H,2,11-14H2,1H3. The fraction of sp³-hybridized carbons (Fsp3) is 0.300. The topological polar surface area (TPSA) is 41.4 Å². The number of hydrogen-bond donors (Lipinski definition) is 0. The molecule has 1 fully saturated rings. The van der Waals surface area contributed by atoms with Gasteiger partial charge >= 0.3 is 0 Å². The lowest BCUT2D eigenvalue weighted by molar-refractivity contribution is 0.269. The van der Waals surface area contributed by atoms with Gasteiger partial charge in [0.05, 0.1) is 16.6 Å². The molecule has 26 heavy (non-hydrogen) atoms. The van der Waals surface area contributed by atoms with Crippen LogP contribution >= 0.6 is 11.6 Å². The third kappa shape index (κ3) is 3.08. The molecule has 6 heteroatoms. The second-order valence-electron chi connectivity index (χ2n) is 6.47. The summed E-state index contributed by atoms with van der Waals surface area (Å²) in [5.41, 5.74) is 1.46. The number of nitrogens with zero attached hydrogens (tertiary/aromatic N) is 4. The molecule has 0 amide bonds. The monoisotopic (exact) mass is 368 g/mol. The van der Waals surface area contributed by atoms with E-state index in [9.17, 15) is 4.79 Å². The highest BCUT2D eigenvalue weighted by molar-refractivity contribution is 6.30. The van der Waals surface area contributed by atoms with E-state index >= 15 is 0 Å². The molecule has 0 N–H and O–H groups in total. The lowest BCUT2D eigenvalue weighted by atomic mass is 10.2. The number of aromatic nitrogens is 2. The normalized spacial score (nSPS) is 15.5. The Morgan fingerprint density at radius 3 is 2.38 bits per heavy atom. The summed E-state index contributed by atoms with van der Waals surface area (Å²) < 4.78 is 1.71. The molecule has 3 aromatic rings. The number of anilines is 1. The minimum atomic E-state index is -0.0501. The lowest BCUT2D eigenvalue weighted by Gasteiger charge is -2.35. The van der Waals surface area contributed by atoms with Crippen LogP contribution in [-0.2, 0) is 0 Å². The van der Waals surface area contributed by atoms with Crippen molar-refractivity contribution in [3.8, 4) is 5.69 Å². The molecule has 1 aromatic heterocycles. The van der Waals surface area contributed by atoms with Gasteiger partial charge in [0.15, 0.2) is 0 Å². The molecule has 1 aliphatic rings. The number of benzene rings is 2. The third-order valence-corrected chi connectivity index (χ3v) is 5.20. The largest absolute Gasteiger partial charge is 0.339 e. The summed E-state index contributed by atoms with van der Waals surface area (Å²) in [6, 6.07) is 14.9. The Bertz CT molecular complexity index is 975. The fourth-order valence-corrected chi connectivity index (χ4v) is 3.55. The van der Waals surface area contributed by atoms with Crippen LogP contribution in [0.4, 0.5) is 5.95 Å². The summed E-state index contributed by atoms with van der Waals surface area (Å²) in [6.07, 6.45) is 0. The first kappa shape index (κ1) is 17.1. The second-order valence-corrected chi connectivity index (χ2v) is 6.90. The molecule has 4 rings (SSSR count). The third-order valence-electron chi connectivity index (χ3n) is 4.95. The van der Waals surface area contributed by atoms with Gasteiger partial charge in [-0.05, 0) is 42.9 Å². The smallest absolute Gasteiger partial charge is 0.267 e. The van der Waals surface area contributed by atoms with Crippen LogP contribution in [0.1, 0.15) is 6.92 Å². The van der Waals surface area contributed by atoms with Crippen molar-refractivity contribution in [3.05, 3.63) is 63.9 Å². The van der Waals surface area contributed by atoms with Crippen LogP contribution in [0.3, 0.4) is 0 Å². The van der Waals surface area contributed by atoms with Crippen molar-refractivity contribution in [2.45, 2.75) is 6.92 Å². The minimum absolute atomic E-state index is 0.0501. The Balaban J connectivity index is 1.88. The van der Waals surface area contributed by atoms with Gasteiger partial charge in [-0.25, -0.2) is 9.55 Å². The molecule has 0 spiro atoms. The van der Waals surface area contributed by atoms with Crippen molar-refractivity contribution in [1.82, 2.24) is 14.5 Å². The first-order valence-corrected chi connectivity index (χ1v) is 9.30. The molecular formula is C20H21ClN4O. The molecule has 0 aliphatic carbocycles. The zero-order valence-corrected chi connectivity index (χ0v) is 15.5. The van der Waals surface area contributed by atoms with Gasteiger partial charge in [-0.3, -0.25) is 4.79 Å². The Morgan fingerprint density at radius 2 is 1.69 bits per heavy atom. The zero-order valence-electron chi connectivity index (χ0n) is 14.7. The molecule has 5 nitrogen and oxygen atoms in total. The summed E-state index contributed by atoms with van der Waals surface area (Å²) in [7, 11) is 0. The number of hydrogen-bond acceptors (Lipinski definition) is 4. The van der Waals surface area contributed by atoms with Gasteiger partial charge in [-0.15, -0.1) is 0 Å². The number of para-hydroxylation sites is 1. The molecule has 1 aliphatic heterocycles. The first-order valence-electron chi connectivity index (χ1n) is 8.92. The van der Waals surface area contributed by atoms with E-state index in [0.717, 1.165) is 43.9 Å². The quantitative estimate of drug-likeness (QED) is 0.712. The van der Waals surface area contributed by atoms with Crippen molar-refractivity contribution in [2.24, 2.45) is 0 Å². The van der Waals surface area contributed by atoms with E-state index in [1.165, 1.54) is 0 Å². The Hall–Kier alpha value is -2.37. The molecular weight excluding hydrogens is 348 g/mol. The molecule has 1 saturated heterocycles. The number of piperazine rings is 1. The lowest BCUT2D eigenvalue weighted by Crippen LogP contribution is -2.48. The van der Waals surface area contributed by atoms with E-state index in [0.29, 0.717) is 16.4 Å². The van der Waals surface area contributed by atoms with Crippen LogP contribution in [0, 0.1) is 0 Å². The van der Waals surface area contributed by atoms with Gasteiger partial charge in [-0.1, -0.05) is 30.7 Å². The van der Waals surface area contributed by atoms with E-state index in [1.54, 1.807) is 16.7 Å². The van der Waals surface area contributed by atoms with Gasteiger partial charge in [0.25, 0.3) is 5.56 Å². The van der Waals surface area contributed by atoms with E-state index in [-0.39, 0.29) is 5.56 Å². The summed E-state index contributed by atoms with van der Waals surface area (Å²) in [5.74, 6) is 0.701. The highest BCUT2D eigenvalue weighted by Crippen LogP contribution is 2.22. The number of likely N-dealkylation sites (N-methyl/N-ethyl adjacent to an activating group) is 1. The first-order chi connectivity index (χ1) is 12.7. The molecule has 0 unspecified atom stereocenters. The number of fused-ring (bicyclic) bond motifs is 1. The van der Waals surface area contributed by atoms with Crippen LogP contribution in [-0.4, -0.2) is 47.2 Å². The SMILES string of the molecule is CCN1CCN(c2nc3ccccc3c(=O)n2-c2ccc(Cl)cc2)CC1.